The second-order valence-electron chi connectivity index (χ2n) is 4.33. The Labute approximate surface area is 93.8 Å². The minimum absolute atomic E-state index is 0.407. The van der Waals surface area contributed by atoms with Crippen LogP contribution in [0.15, 0.2) is 28.7 Å². The fourth-order valence-electron chi connectivity index (χ4n) is 2.18. The minimum Gasteiger partial charge on any atom is -0.330 e. The van der Waals surface area contributed by atoms with Crippen LogP contribution < -0.4 is 5.73 Å². The summed E-state index contributed by atoms with van der Waals surface area (Å²) in [6.07, 6.45) is 5.07. The second kappa shape index (κ2) is 4.03. The summed E-state index contributed by atoms with van der Waals surface area (Å²) in [6, 6.07) is 8.46. The monoisotopic (exact) mass is 253 g/mol. The Morgan fingerprint density at radius 3 is 2.50 bits per heavy atom. The molecule has 0 amide bonds. The van der Waals surface area contributed by atoms with E-state index in [1.165, 1.54) is 29.3 Å². The van der Waals surface area contributed by atoms with E-state index in [1.807, 2.05) is 0 Å². The van der Waals surface area contributed by atoms with E-state index in [9.17, 15) is 0 Å². The number of rotatable bonds is 3. The van der Waals surface area contributed by atoms with Gasteiger partial charge in [0.2, 0.25) is 0 Å². The average molecular weight is 254 g/mol. The van der Waals surface area contributed by atoms with Crippen LogP contribution in [0.1, 0.15) is 24.8 Å². The highest BCUT2D eigenvalue weighted by atomic mass is 79.9. The van der Waals surface area contributed by atoms with Crippen molar-refractivity contribution < 1.29 is 0 Å². The Bertz CT molecular complexity index is 312. The number of hydrogen-bond donors (Lipinski definition) is 1. The zero-order chi connectivity index (χ0) is 10.0. The molecule has 0 saturated heterocycles. The van der Waals surface area contributed by atoms with Gasteiger partial charge in [0.15, 0.2) is 0 Å². The van der Waals surface area contributed by atoms with Crippen LogP contribution in [-0.4, -0.2) is 6.54 Å². The van der Waals surface area contributed by atoms with Gasteiger partial charge in [0.05, 0.1) is 0 Å². The standard InChI is InChI=1S/C12H16BrN/c13-11-5-2-1-4-10(11)8-12(9-14)6-3-7-12/h1-2,4-5H,3,6-9,14H2. The number of hydrogen-bond acceptors (Lipinski definition) is 1. The lowest BCUT2D eigenvalue weighted by Gasteiger charge is -2.41. The Balaban J connectivity index is 2.13. The highest BCUT2D eigenvalue weighted by molar-refractivity contribution is 9.10. The van der Waals surface area contributed by atoms with Crippen molar-refractivity contribution in [1.29, 1.82) is 0 Å². The first-order chi connectivity index (χ1) is 6.76. The molecule has 0 spiro atoms. The average Bonchev–Trinajstić information content (AvgIpc) is 2.14. The van der Waals surface area contributed by atoms with Crippen molar-refractivity contribution in [3.63, 3.8) is 0 Å². The van der Waals surface area contributed by atoms with Crippen LogP contribution in [0.2, 0.25) is 0 Å². The molecule has 0 radical (unpaired) electrons. The molecule has 0 heterocycles. The number of halogens is 1. The largest absolute Gasteiger partial charge is 0.330 e. The van der Waals surface area contributed by atoms with Gasteiger partial charge in [-0.25, -0.2) is 0 Å². The fourth-order valence-corrected chi connectivity index (χ4v) is 2.60. The predicted octanol–water partition coefficient (Wildman–Crippen LogP) is 3.12. The molecule has 0 atom stereocenters. The van der Waals surface area contributed by atoms with Gasteiger partial charge in [-0.3, -0.25) is 0 Å². The Morgan fingerprint density at radius 1 is 1.29 bits per heavy atom. The summed E-state index contributed by atoms with van der Waals surface area (Å²) in [4.78, 5) is 0. The molecule has 1 fully saturated rings. The lowest BCUT2D eigenvalue weighted by molar-refractivity contribution is 0.144. The first-order valence-electron chi connectivity index (χ1n) is 5.19. The molecule has 14 heavy (non-hydrogen) atoms. The van der Waals surface area contributed by atoms with Crippen LogP contribution in [0.25, 0.3) is 0 Å². The zero-order valence-corrected chi connectivity index (χ0v) is 9.89. The van der Waals surface area contributed by atoms with E-state index in [4.69, 9.17) is 5.73 Å². The van der Waals surface area contributed by atoms with Crippen LogP contribution in [0.4, 0.5) is 0 Å². The van der Waals surface area contributed by atoms with Gasteiger partial charge < -0.3 is 5.73 Å². The lowest BCUT2D eigenvalue weighted by Crippen LogP contribution is -2.39. The first-order valence-corrected chi connectivity index (χ1v) is 5.99. The van der Waals surface area contributed by atoms with Crippen LogP contribution in [0, 0.1) is 5.41 Å². The maximum atomic E-state index is 5.85. The maximum absolute atomic E-state index is 5.85. The molecule has 1 nitrogen and oxygen atoms in total. The minimum atomic E-state index is 0.407. The van der Waals surface area contributed by atoms with E-state index < -0.39 is 0 Å². The third kappa shape index (κ3) is 1.86. The van der Waals surface area contributed by atoms with Gasteiger partial charge in [-0.15, -0.1) is 0 Å². The highest BCUT2D eigenvalue weighted by Crippen LogP contribution is 2.43. The smallest absolute Gasteiger partial charge is 0.0207 e. The van der Waals surface area contributed by atoms with Crippen molar-refractivity contribution >= 4 is 15.9 Å². The molecule has 1 aromatic carbocycles. The predicted molar refractivity (Wildman–Crippen MR) is 63.2 cm³/mol. The summed E-state index contributed by atoms with van der Waals surface area (Å²) in [7, 11) is 0. The van der Waals surface area contributed by atoms with E-state index in [2.05, 4.69) is 40.2 Å². The summed E-state index contributed by atoms with van der Waals surface area (Å²) in [5.74, 6) is 0. The van der Waals surface area contributed by atoms with Crippen LogP contribution in [0.5, 0.6) is 0 Å². The van der Waals surface area contributed by atoms with Crippen molar-refractivity contribution in [2.75, 3.05) is 6.54 Å². The molecule has 0 aliphatic heterocycles. The SMILES string of the molecule is NCC1(Cc2ccccc2Br)CCC1. The third-order valence-corrected chi connectivity index (χ3v) is 4.14. The van der Waals surface area contributed by atoms with Crippen LogP contribution in [0.3, 0.4) is 0 Å². The highest BCUT2D eigenvalue weighted by Gasteiger charge is 2.35. The fraction of sp³-hybridized carbons (Fsp3) is 0.500. The van der Waals surface area contributed by atoms with E-state index in [0.29, 0.717) is 5.41 Å². The molecule has 0 aromatic heterocycles. The van der Waals surface area contributed by atoms with E-state index in [0.717, 1.165) is 13.0 Å². The topological polar surface area (TPSA) is 26.0 Å². The molecule has 2 N–H and O–H groups in total. The van der Waals surface area contributed by atoms with Gasteiger partial charge in [-0.1, -0.05) is 40.5 Å². The van der Waals surface area contributed by atoms with Crippen LogP contribution >= 0.6 is 15.9 Å². The van der Waals surface area contributed by atoms with Gasteiger partial charge in [-0.2, -0.15) is 0 Å². The van der Waals surface area contributed by atoms with E-state index >= 15 is 0 Å². The van der Waals surface area contributed by atoms with Crippen molar-refractivity contribution in [2.45, 2.75) is 25.7 Å². The Hall–Kier alpha value is -0.340. The number of benzene rings is 1. The zero-order valence-electron chi connectivity index (χ0n) is 8.30. The van der Waals surface area contributed by atoms with Gasteiger partial charge >= 0.3 is 0 Å². The summed E-state index contributed by atoms with van der Waals surface area (Å²) in [6.45, 7) is 0.828. The Kier molecular flexibility index (Phi) is 2.93. The molecule has 2 heteroatoms. The van der Waals surface area contributed by atoms with Gasteiger partial charge in [0.1, 0.15) is 0 Å². The van der Waals surface area contributed by atoms with Crippen molar-refractivity contribution in [2.24, 2.45) is 11.1 Å². The van der Waals surface area contributed by atoms with Crippen molar-refractivity contribution in [1.82, 2.24) is 0 Å². The molecule has 0 unspecified atom stereocenters. The van der Waals surface area contributed by atoms with E-state index in [-0.39, 0.29) is 0 Å². The van der Waals surface area contributed by atoms with Crippen molar-refractivity contribution in [3.8, 4) is 0 Å². The summed E-state index contributed by atoms with van der Waals surface area (Å²) in [5.41, 5.74) is 7.66. The third-order valence-electron chi connectivity index (χ3n) is 3.37. The molecule has 1 aromatic rings. The quantitative estimate of drug-likeness (QED) is 0.881. The molecule has 1 aliphatic carbocycles. The Morgan fingerprint density at radius 2 is 2.00 bits per heavy atom. The van der Waals surface area contributed by atoms with Gasteiger partial charge in [0, 0.05) is 4.47 Å². The molecular weight excluding hydrogens is 238 g/mol. The number of nitrogens with two attached hydrogens (primary N) is 1. The van der Waals surface area contributed by atoms with Crippen molar-refractivity contribution in [3.05, 3.63) is 34.3 Å². The summed E-state index contributed by atoms with van der Waals surface area (Å²) < 4.78 is 1.22. The summed E-state index contributed by atoms with van der Waals surface area (Å²) >= 11 is 3.59. The van der Waals surface area contributed by atoms with Gasteiger partial charge in [-0.05, 0) is 42.9 Å². The molecule has 1 saturated carbocycles. The molecule has 1 aliphatic rings. The first kappa shape index (κ1) is 10.2. The normalized spacial score (nSPS) is 19.0. The lowest BCUT2D eigenvalue weighted by atomic mass is 9.65. The maximum Gasteiger partial charge on any atom is 0.0207 e. The summed E-state index contributed by atoms with van der Waals surface area (Å²) in [5, 5.41) is 0. The molecular formula is C12H16BrN. The van der Waals surface area contributed by atoms with Crippen LogP contribution in [-0.2, 0) is 6.42 Å². The van der Waals surface area contributed by atoms with Gasteiger partial charge in [0.25, 0.3) is 0 Å². The van der Waals surface area contributed by atoms with E-state index in [1.54, 1.807) is 0 Å². The molecule has 0 bridgehead atoms. The molecule has 2 rings (SSSR count). The molecule has 76 valence electrons. The second-order valence-corrected chi connectivity index (χ2v) is 5.18.